The number of aromatic nitrogens is 2. The maximum atomic E-state index is 13.8. The molecular formula is C24H21ClF4N4O3. The van der Waals surface area contributed by atoms with Crippen LogP contribution in [0.25, 0.3) is 11.3 Å². The molecule has 0 aliphatic carbocycles. The van der Waals surface area contributed by atoms with Gasteiger partial charge < -0.3 is 15.0 Å². The van der Waals surface area contributed by atoms with Crippen molar-refractivity contribution in [2.45, 2.75) is 25.7 Å². The van der Waals surface area contributed by atoms with Gasteiger partial charge in [0, 0.05) is 36.3 Å². The monoisotopic (exact) mass is 524 g/mol. The Kier molecular flexibility index (Phi) is 7.21. The van der Waals surface area contributed by atoms with Crippen LogP contribution in [0.1, 0.15) is 28.0 Å². The fourth-order valence-corrected chi connectivity index (χ4v) is 4.13. The van der Waals surface area contributed by atoms with E-state index in [1.54, 1.807) is 31.3 Å². The summed E-state index contributed by atoms with van der Waals surface area (Å²) in [4.78, 5) is 27.1. The standard InChI is InChI=1S/C24H21ClF4N4O3/c1-32-22-17-10-15(25)5-6-19(17)36-13-18(22)21(31-32)23(35)33(11-14-3-2-4-16(26)9-14)12-20(34)30-8-7-24(27,28)29/h2-6,9-10H,7-8,11-13H2,1H3,(H,30,34). The molecule has 36 heavy (non-hydrogen) atoms. The number of nitrogens with zero attached hydrogens (tertiary/aromatic N) is 3. The van der Waals surface area contributed by atoms with E-state index < -0.39 is 43.3 Å². The Bertz CT molecular complexity index is 1310. The SMILES string of the molecule is Cn1nc(C(=O)N(CC(=O)NCCC(F)(F)F)Cc2cccc(F)c2)c2c1-c1cc(Cl)ccc1OC2. The zero-order chi connectivity index (χ0) is 26.0. The topological polar surface area (TPSA) is 76.5 Å². The van der Waals surface area contributed by atoms with Crippen LogP contribution in [-0.2, 0) is 25.0 Å². The molecule has 4 rings (SSSR count). The van der Waals surface area contributed by atoms with Gasteiger partial charge in [0.05, 0.1) is 12.1 Å². The second-order valence-electron chi connectivity index (χ2n) is 8.23. The quantitative estimate of drug-likeness (QED) is 0.462. The fourth-order valence-electron chi connectivity index (χ4n) is 3.95. The molecule has 1 aliphatic heterocycles. The van der Waals surface area contributed by atoms with Crippen LogP contribution in [0.15, 0.2) is 42.5 Å². The predicted octanol–water partition coefficient (Wildman–Crippen LogP) is 4.48. The van der Waals surface area contributed by atoms with Crippen molar-refractivity contribution in [2.75, 3.05) is 13.1 Å². The molecule has 0 unspecified atom stereocenters. The van der Waals surface area contributed by atoms with Gasteiger partial charge in [-0.1, -0.05) is 23.7 Å². The van der Waals surface area contributed by atoms with Gasteiger partial charge in [0.1, 0.15) is 24.7 Å². The number of halogens is 5. The Hall–Kier alpha value is -3.60. The summed E-state index contributed by atoms with van der Waals surface area (Å²) in [6.07, 6.45) is -5.64. The summed E-state index contributed by atoms with van der Waals surface area (Å²) < 4.78 is 58.4. The molecule has 0 atom stereocenters. The molecule has 0 radical (unpaired) electrons. The van der Waals surface area contributed by atoms with E-state index in [1.807, 2.05) is 0 Å². The smallest absolute Gasteiger partial charge is 0.390 e. The van der Waals surface area contributed by atoms with Crippen molar-refractivity contribution in [2.24, 2.45) is 7.05 Å². The van der Waals surface area contributed by atoms with E-state index in [-0.39, 0.29) is 18.8 Å². The summed E-state index contributed by atoms with van der Waals surface area (Å²) in [5, 5.41) is 6.98. The zero-order valence-corrected chi connectivity index (χ0v) is 19.8. The van der Waals surface area contributed by atoms with Gasteiger partial charge in [-0.2, -0.15) is 18.3 Å². The summed E-state index contributed by atoms with van der Waals surface area (Å²) in [5.41, 5.74) is 2.13. The van der Waals surface area contributed by atoms with Gasteiger partial charge in [0.15, 0.2) is 5.69 Å². The van der Waals surface area contributed by atoms with Gasteiger partial charge >= 0.3 is 6.18 Å². The number of rotatable bonds is 7. The molecule has 1 aliphatic rings. The second kappa shape index (κ2) is 10.2. The third kappa shape index (κ3) is 5.78. The first kappa shape index (κ1) is 25.5. The summed E-state index contributed by atoms with van der Waals surface area (Å²) in [6.45, 7) is -1.32. The van der Waals surface area contributed by atoms with Crippen molar-refractivity contribution in [3.8, 4) is 17.0 Å². The number of carbonyl (C=O) groups excluding carboxylic acids is 2. The highest BCUT2D eigenvalue weighted by molar-refractivity contribution is 6.31. The zero-order valence-electron chi connectivity index (χ0n) is 19.0. The van der Waals surface area contributed by atoms with Crippen molar-refractivity contribution >= 4 is 23.4 Å². The third-order valence-electron chi connectivity index (χ3n) is 5.53. The Morgan fingerprint density at radius 3 is 2.72 bits per heavy atom. The minimum Gasteiger partial charge on any atom is -0.488 e. The van der Waals surface area contributed by atoms with Crippen LogP contribution in [0.2, 0.25) is 5.02 Å². The Labute approximate surface area is 208 Å². The largest absolute Gasteiger partial charge is 0.488 e. The van der Waals surface area contributed by atoms with E-state index in [4.69, 9.17) is 16.3 Å². The summed E-state index contributed by atoms with van der Waals surface area (Å²) >= 11 is 6.14. The summed E-state index contributed by atoms with van der Waals surface area (Å²) in [6, 6.07) is 10.5. The molecule has 1 aromatic heterocycles. The number of hydrogen-bond acceptors (Lipinski definition) is 4. The molecule has 3 aromatic rings. The number of amides is 2. The highest BCUT2D eigenvalue weighted by Gasteiger charge is 2.32. The van der Waals surface area contributed by atoms with Crippen LogP contribution < -0.4 is 10.1 Å². The van der Waals surface area contributed by atoms with E-state index in [1.165, 1.54) is 22.9 Å². The first-order valence-corrected chi connectivity index (χ1v) is 11.3. The number of aryl methyl sites for hydroxylation is 1. The van der Waals surface area contributed by atoms with Crippen molar-refractivity contribution < 1.29 is 31.9 Å². The average Bonchev–Trinajstić information content (AvgIpc) is 3.14. The Morgan fingerprint density at radius 2 is 2.00 bits per heavy atom. The van der Waals surface area contributed by atoms with Crippen LogP contribution >= 0.6 is 11.6 Å². The molecule has 7 nitrogen and oxygen atoms in total. The van der Waals surface area contributed by atoms with Gasteiger partial charge in [-0.25, -0.2) is 4.39 Å². The molecule has 2 amide bonds. The van der Waals surface area contributed by atoms with Crippen molar-refractivity contribution in [1.29, 1.82) is 0 Å². The van der Waals surface area contributed by atoms with Crippen LogP contribution in [0.3, 0.4) is 0 Å². The maximum absolute atomic E-state index is 13.8. The lowest BCUT2D eigenvalue weighted by atomic mass is 10.0. The van der Waals surface area contributed by atoms with Crippen molar-refractivity contribution in [1.82, 2.24) is 20.0 Å². The second-order valence-corrected chi connectivity index (χ2v) is 8.67. The van der Waals surface area contributed by atoms with E-state index >= 15 is 0 Å². The van der Waals surface area contributed by atoms with Gasteiger partial charge in [0.2, 0.25) is 5.91 Å². The molecule has 0 spiro atoms. The molecule has 0 bridgehead atoms. The molecule has 0 saturated heterocycles. The highest BCUT2D eigenvalue weighted by atomic mass is 35.5. The molecule has 0 fully saturated rings. The van der Waals surface area contributed by atoms with Gasteiger partial charge in [-0.3, -0.25) is 14.3 Å². The number of benzene rings is 2. The molecule has 2 heterocycles. The lowest BCUT2D eigenvalue weighted by Crippen LogP contribution is -2.41. The van der Waals surface area contributed by atoms with Crippen LogP contribution in [-0.4, -0.2) is 45.8 Å². The van der Waals surface area contributed by atoms with Crippen LogP contribution in [0, 0.1) is 5.82 Å². The molecule has 0 saturated carbocycles. The molecule has 2 aromatic carbocycles. The van der Waals surface area contributed by atoms with Gasteiger partial charge in [0.25, 0.3) is 5.91 Å². The third-order valence-corrected chi connectivity index (χ3v) is 5.77. The Morgan fingerprint density at radius 1 is 1.22 bits per heavy atom. The van der Waals surface area contributed by atoms with E-state index in [9.17, 15) is 27.2 Å². The van der Waals surface area contributed by atoms with Crippen LogP contribution in [0.4, 0.5) is 17.6 Å². The predicted molar refractivity (Wildman–Crippen MR) is 123 cm³/mol. The van der Waals surface area contributed by atoms with Gasteiger partial charge in [-0.05, 0) is 35.9 Å². The van der Waals surface area contributed by atoms with Crippen LogP contribution in [0.5, 0.6) is 5.75 Å². The summed E-state index contributed by atoms with van der Waals surface area (Å²) in [7, 11) is 1.65. The fraction of sp³-hybridized carbons (Fsp3) is 0.292. The lowest BCUT2D eigenvalue weighted by molar-refractivity contribution is -0.135. The number of ether oxygens (including phenoxy) is 1. The minimum atomic E-state index is -4.43. The number of nitrogens with one attached hydrogen (secondary N) is 1. The number of hydrogen-bond donors (Lipinski definition) is 1. The summed E-state index contributed by atoms with van der Waals surface area (Å²) in [5.74, 6) is -1.42. The number of fused-ring (bicyclic) bond motifs is 3. The average molecular weight is 525 g/mol. The molecule has 190 valence electrons. The maximum Gasteiger partial charge on any atom is 0.390 e. The van der Waals surface area contributed by atoms with Crippen molar-refractivity contribution in [3.05, 3.63) is 70.1 Å². The lowest BCUT2D eigenvalue weighted by Gasteiger charge is -2.23. The number of alkyl halides is 3. The van der Waals surface area contributed by atoms with E-state index in [2.05, 4.69) is 10.4 Å². The van der Waals surface area contributed by atoms with Gasteiger partial charge in [-0.15, -0.1) is 0 Å². The van der Waals surface area contributed by atoms with E-state index in [0.717, 1.165) is 4.90 Å². The molecule has 12 heteroatoms. The number of carbonyl (C=O) groups is 2. The van der Waals surface area contributed by atoms with E-state index in [0.29, 0.717) is 33.2 Å². The highest BCUT2D eigenvalue weighted by Crippen LogP contribution is 2.40. The Balaban J connectivity index is 1.63. The molecular weight excluding hydrogens is 504 g/mol. The normalized spacial score (nSPS) is 12.4. The molecule has 1 N–H and O–H groups in total. The first-order valence-electron chi connectivity index (χ1n) is 10.9. The minimum absolute atomic E-state index is 0.0117. The van der Waals surface area contributed by atoms with Crippen molar-refractivity contribution in [3.63, 3.8) is 0 Å². The first-order chi connectivity index (χ1) is 17.0.